The molecule has 2 heterocycles. The molecule has 5 nitrogen and oxygen atoms in total. The number of nitriles is 1. The molecule has 19 heavy (non-hydrogen) atoms. The second-order valence-electron chi connectivity index (χ2n) is 3.78. The lowest BCUT2D eigenvalue weighted by atomic mass is 10.2. The molecule has 3 aromatic rings. The van der Waals surface area contributed by atoms with E-state index in [0.717, 1.165) is 10.9 Å². The first kappa shape index (κ1) is 11.1. The molecular weight excluding hydrogens is 240 g/mol. The molecule has 0 saturated heterocycles. The molecule has 0 aliphatic rings. The maximum atomic E-state index is 8.66. The van der Waals surface area contributed by atoms with Crippen LogP contribution < -0.4 is 4.74 Å². The fraction of sp³-hybridized carbons (Fsp3) is 0. The van der Waals surface area contributed by atoms with E-state index in [-0.39, 0.29) is 5.69 Å². The average molecular weight is 248 g/mol. The van der Waals surface area contributed by atoms with E-state index in [1.54, 1.807) is 6.20 Å². The Morgan fingerprint density at radius 1 is 1.00 bits per heavy atom. The molecule has 1 aromatic carbocycles. The Bertz CT molecular complexity index is 757. The van der Waals surface area contributed by atoms with Crippen LogP contribution in [0, 0.1) is 11.3 Å². The summed E-state index contributed by atoms with van der Waals surface area (Å²) >= 11 is 0. The minimum atomic E-state index is 0.256. The van der Waals surface area contributed by atoms with Gasteiger partial charge in [0.2, 0.25) is 5.88 Å². The Hall–Kier alpha value is -3.00. The van der Waals surface area contributed by atoms with Crippen LogP contribution >= 0.6 is 0 Å². The Labute approximate surface area is 109 Å². The zero-order valence-electron chi connectivity index (χ0n) is 9.82. The number of rotatable bonds is 2. The third-order valence-corrected chi connectivity index (χ3v) is 2.56. The van der Waals surface area contributed by atoms with Crippen LogP contribution in [0.3, 0.4) is 0 Å². The summed E-state index contributed by atoms with van der Waals surface area (Å²) in [5, 5.41) is 9.56. The zero-order valence-corrected chi connectivity index (χ0v) is 9.82. The van der Waals surface area contributed by atoms with Crippen molar-refractivity contribution < 1.29 is 4.74 Å². The number of pyridine rings is 1. The molecule has 0 aliphatic carbocycles. The number of hydrogen-bond donors (Lipinski definition) is 0. The first-order valence-corrected chi connectivity index (χ1v) is 5.60. The summed E-state index contributed by atoms with van der Waals surface area (Å²) in [7, 11) is 0. The first-order valence-electron chi connectivity index (χ1n) is 5.60. The third kappa shape index (κ3) is 2.19. The van der Waals surface area contributed by atoms with E-state index in [0.29, 0.717) is 11.6 Å². The SMILES string of the molecule is N#Cc1cnc(Oc2cccc3ncccc23)cn1. The summed E-state index contributed by atoms with van der Waals surface area (Å²) in [4.78, 5) is 12.2. The van der Waals surface area contributed by atoms with E-state index in [1.807, 2.05) is 36.4 Å². The number of hydrogen-bond acceptors (Lipinski definition) is 5. The van der Waals surface area contributed by atoms with Crippen molar-refractivity contribution in [1.29, 1.82) is 5.26 Å². The van der Waals surface area contributed by atoms with Gasteiger partial charge in [-0.3, -0.25) is 4.98 Å². The highest BCUT2D eigenvalue weighted by molar-refractivity contribution is 5.85. The summed E-state index contributed by atoms with van der Waals surface area (Å²) < 4.78 is 5.67. The lowest BCUT2D eigenvalue weighted by Crippen LogP contribution is -1.92. The van der Waals surface area contributed by atoms with Crippen LogP contribution in [0.5, 0.6) is 11.6 Å². The molecule has 0 unspecified atom stereocenters. The maximum absolute atomic E-state index is 8.66. The standard InChI is InChI=1S/C14H8N4O/c15-7-10-8-18-14(9-17-10)19-13-5-1-4-12-11(13)3-2-6-16-12/h1-6,8-9H. The molecule has 0 N–H and O–H groups in total. The van der Waals surface area contributed by atoms with Crippen LogP contribution in [0.4, 0.5) is 0 Å². The van der Waals surface area contributed by atoms with Gasteiger partial charge in [-0.25, -0.2) is 9.97 Å². The van der Waals surface area contributed by atoms with Crippen molar-refractivity contribution >= 4 is 10.9 Å². The molecule has 0 saturated carbocycles. The fourth-order valence-electron chi connectivity index (χ4n) is 1.70. The van der Waals surface area contributed by atoms with E-state index >= 15 is 0 Å². The Morgan fingerprint density at radius 2 is 1.95 bits per heavy atom. The van der Waals surface area contributed by atoms with Crippen molar-refractivity contribution in [1.82, 2.24) is 15.0 Å². The molecule has 0 atom stereocenters. The molecule has 5 heteroatoms. The van der Waals surface area contributed by atoms with Gasteiger partial charge in [-0.05, 0) is 24.3 Å². The topological polar surface area (TPSA) is 71.7 Å². The molecule has 0 bridgehead atoms. The number of ether oxygens (including phenoxy) is 1. The highest BCUT2D eigenvalue weighted by atomic mass is 16.5. The lowest BCUT2D eigenvalue weighted by Gasteiger charge is -2.06. The van der Waals surface area contributed by atoms with E-state index in [2.05, 4.69) is 15.0 Å². The molecule has 90 valence electrons. The van der Waals surface area contributed by atoms with Crippen LogP contribution in [0.25, 0.3) is 10.9 Å². The van der Waals surface area contributed by atoms with Gasteiger partial charge in [0.1, 0.15) is 11.8 Å². The number of benzene rings is 1. The second kappa shape index (κ2) is 4.70. The normalized spacial score (nSPS) is 10.1. The second-order valence-corrected chi connectivity index (χ2v) is 3.78. The summed E-state index contributed by atoms with van der Waals surface area (Å²) in [6, 6.07) is 11.3. The van der Waals surface area contributed by atoms with Gasteiger partial charge in [-0.2, -0.15) is 5.26 Å². The zero-order chi connectivity index (χ0) is 13.1. The van der Waals surface area contributed by atoms with Gasteiger partial charge in [0.05, 0.1) is 17.9 Å². The molecule has 0 aliphatic heterocycles. The first-order chi connectivity index (χ1) is 9.36. The largest absolute Gasteiger partial charge is 0.437 e. The third-order valence-electron chi connectivity index (χ3n) is 2.56. The molecule has 0 fully saturated rings. The van der Waals surface area contributed by atoms with Crippen LogP contribution in [0.2, 0.25) is 0 Å². The minimum absolute atomic E-state index is 0.256. The predicted molar refractivity (Wildman–Crippen MR) is 68.6 cm³/mol. The van der Waals surface area contributed by atoms with Crippen molar-refractivity contribution in [2.45, 2.75) is 0 Å². The lowest BCUT2D eigenvalue weighted by molar-refractivity contribution is 0.465. The highest BCUT2D eigenvalue weighted by Gasteiger charge is 2.05. The summed E-state index contributed by atoms with van der Waals surface area (Å²) in [6.07, 6.45) is 4.53. The average Bonchev–Trinajstić information content (AvgIpc) is 2.48. The van der Waals surface area contributed by atoms with E-state index in [9.17, 15) is 0 Å². The van der Waals surface area contributed by atoms with Gasteiger partial charge in [0, 0.05) is 11.6 Å². The molecule has 3 rings (SSSR count). The van der Waals surface area contributed by atoms with Crippen LogP contribution in [-0.4, -0.2) is 15.0 Å². The smallest absolute Gasteiger partial charge is 0.237 e. The van der Waals surface area contributed by atoms with Crippen molar-refractivity contribution in [3.05, 3.63) is 54.6 Å². The molecular formula is C14H8N4O. The number of fused-ring (bicyclic) bond motifs is 1. The van der Waals surface area contributed by atoms with Crippen LogP contribution in [-0.2, 0) is 0 Å². The van der Waals surface area contributed by atoms with Gasteiger partial charge in [-0.15, -0.1) is 0 Å². The van der Waals surface area contributed by atoms with Gasteiger partial charge < -0.3 is 4.74 Å². The maximum Gasteiger partial charge on any atom is 0.237 e. The monoisotopic (exact) mass is 248 g/mol. The number of aromatic nitrogens is 3. The predicted octanol–water partition coefficient (Wildman–Crippen LogP) is 2.69. The number of nitrogens with zero attached hydrogens (tertiary/aromatic N) is 4. The molecule has 0 radical (unpaired) electrons. The minimum Gasteiger partial charge on any atom is -0.437 e. The van der Waals surface area contributed by atoms with Crippen molar-refractivity contribution in [3.8, 4) is 17.7 Å². The summed E-state index contributed by atoms with van der Waals surface area (Å²) in [6.45, 7) is 0. The van der Waals surface area contributed by atoms with Gasteiger partial charge in [-0.1, -0.05) is 6.07 Å². The summed E-state index contributed by atoms with van der Waals surface area (Å²) in [5.74, 6) is 1.000. The highest BCUT2D eigenvalue weighted by Crippen LogP contribution is 2.27. The molecule has 0 amide bonds. The molecule has 0 spiro atoms. The van der Waals surface area contributed by atoms with Crippen molar-refractivity contribution in [2.75, 3.05) is 0 Å². The van der Waals surface area contributed by atoms with Gasteiger partial charge in [0.15, 0.2) is 5.69 Å². The summed E-state index contributed by atoms with van der Waals surface area (Å²) in [5.41, 5.74) is 1.11. The fourth-order valence-corrected chi connectivity index (χ4v) is 1.70. The van der Waals surface area contributed by atoms with Gasteiger partial charge in [0.25, 0.3) is 0 Å². The van der Waals surface area contributed by atoms with E-state index in [4.69, 9.17) is 10.00 Å². The van der Waals surface area contributed by atoms with Crippen LogP contribution in [0.15, 0.2) is 48.9 Å². The van der Waals surface area contributed by atoms with E-state index in [1.165, 1.54) is 12.4 Å². The van der Waals surface area contributed by atoms with Gasteiger partial charge >= 0.3 is 0 Å². The van der Waals surface area contributed by atoms with Crippen molar-refractivity contribution in [3.63, 3.8) is 0 Å². The quantitative estimate of drug-likeness (QED) is 0.697. The Kier molecular flexibility index (Phi) is 2.75. The Balaban J connectivity index is 1.99. The molecule has 2 aromatic heterocycles. The Morgan fingerprint density at radius 3 is 2.74 bits per heavy atom. The van der Waals surface area contributed by atoms with Crippen LogP contribution in [0.1, 0.15) is 5.69 Å². The van der Waals surface area contributed by atoms with E-state index < -0.39 is 0 Å². The van der Waals surface area contributed by atoms with Crippen molar-refractivity contribution in [2.24, 2.45) is 0 Å².